The van der Waals surface area contributed by atoms with E-state index in [-0.39, 0.29) is 18.4 Å². The van der Waals surface area contributed by atoms with Gasteiger partial charge in [0, 0.05) is 26.2 Å². The summed E-state index contributed by atoms with van der Waals surface area (Å²) in [5, 5.41) is 3.00. The summed E-state index contributed by atoms with van der Waals surface area (Å²) in [7, 11) is -3.73. The summed E-state index contributed by atoms with van der Waals surface area (Å²) >= 11 is 0. The molecule has 180 valence electrons. The van der Waals surface area contributed by atoms with E-state index < -0.39 is 10.2 Å². The van der Waals surface area contributed by atoms with E-state index >= 15 is 0 Å². The molecule has 0 aromatic heterocycles. The molecule has 1 aliphatic rings. The Bertz CT molecular complexity index is 980. The van der Waals surface area contributed by atoms with Crippen LogP contribution in [0.4, 0.5) is 5.69 Å². The van der Waals surface area contributed by atoms with Crippen LogP contribution < -0.4 is 14.4 Å². The number of nitrogens with zero attached hydrogens (tertiary/aromatic N) is 2. The molecule has 3 rings (SSSR count). The van der Waals surface area contributed by atoms with Crippen LogP contribution >= 0.6 is 0 Å². The third kappa shape index (κ3) is 6.71. The van der Waals surface area contributed by atoms with Crippen LogP contribution in [0.15, 0.2) is 54.6 Å². The summed E-state index contributed by atoms with van der Waals surface area (Å²) in [5.41, 5.74) is 1.84. The lowest BCUT2D eigenvalue weighted by molar-refractivity contribution is -0.126. The van der Waals surface area contributed by atoms with Gasteiger partial charge in [0.15, 0.2) is 0 Å². The first-order valence-electron chi connectivity index (χ1n) is 11.8. The fourth-order valence-corrected chi connectivity index (χ4v) is 5.87. The van der Waals surface area contributed by atoms with Gasteiger partial charge < -0.3 is 10.1 Å². The number of anilines is 1. The predicted octanol–water partition coefficient (Wildman–Crippen LogP) is 3.62. The van der Waals surface area contributed by atoms with E-state index in [1.165, 1.54) is 14.2 Å². The average molecular weight is 474 g/mol. The molecule has 0 radical (unpaired) electrons. The molecule has 1 N–H and O–H groups in total. The molecule has 2 aromatic carbocycles. The number of carbonyl (C=O) groups excluding carboxylic acids is 1. The van der Waals surface area contributed by atoms with E-state index in [0.717, 1.165) is 12.8 Å². The number of amides is 1. The minimum absolute atomic E-state index is 0.0629. The molecule has 0 bridgehead atoms. The lowest BCUT2D eigenvalue weighted by Gasteiger charge is -2.35. The number of ether oxygens (including phenoxy) is 1. The van der Waals surface area contributed by atoms with Gasteiger partial charge in [0.05, 0.1) is 18.2 Å². The smallest absolute Gasteiger partial charge is 0.304 e. The highest BCUT2D eigenvalue weighted by Crippen LogP contribution is 2.27. The van der Waals surface area contributed by atoms with Gasteiger partial charge in [0.25, 0.3) is 0 Å². The molecule has 1 amide bonds. The van der Waals surface area contributed by atoms with Gasteiger partial charge in [-0.15, -0.1) is 0 Å². The fourth-order valence-electron chi connectivity index (χ4n) is 4.15. The number of aryl methyl sites for hydroxylation is 1. The Balaban J connectivity index is 1.57. The van der Waals surface area contributed by atoms with Crippen molar-refractivity contribution in [1.82, 2.24) is 9.62 Å². The average Bonchev–Trinajstić information content (AvgIpc) is 2.84. The highest BCUT2D eigenvalue weighted by molar-refractivity contribution is 7.90. The third-order valence-corrected chi connectivity index (χ3v) is 7.88. The van der Waals surface area contributed by atoms with Gasteiger partial charge in [0.1, 0.15) is 5.75 Å². The van der Waals surface area contributed by atoms with Crippen molar-refractivity contribution < 1.29 is 17.9 Å². The van der Waals surface area contributed by atoms with Crippen LogP contribution in [0.3, 0.4) is 0 Å². The van der Waals surface area contributed by atoms with Crippen molar-refractivity contribution in [3.63, 3.8) is 0 Å². The molecular weight excluding hydrogens is 438 g/mol. The maximum atomic E-state index is 13.4. The third-order valence-electron chi connectivity index (χ3n) is 5.87. The zero-order valence-electron chi connectivity index (χ0n) is 19.6. The van der Waals surface area contributed by atoms with Crippen molar-refractivity contribution in [2.75, 3.05) is 37.1 Å². The zero-order valence-corrected chi connectivity index (χ0v) is 20.4. The number of piperidine rings is 1. The van der Waals surface area contributed by atoms with Gasteiger partial charge in [-0.05, 0) is 69.4 Å². The second-order valence-corrected chi connectivity index (χ2v) is 10.0. The van der Waals surface area contributed by atoms with E-state index in [4.69, 9.17) is 4.74 Å². The van der Waals surface area contributed by atoms with Gasteiger partial charge in [-0.25, -0.2) is 0 Å². The number of nitrogens with one attached hydrogen (secondary N) is 1. The minimum Gasteiger partial charge on any atom is -0.494 e. The highest BCUT2D eigenvalue weighted by Gasteiger charge is 2.35. The molecular formula is C25H35N3O4S. The highest BCUT2D eigenvalue weighted by atomic mass is 32.2. The second kappa shape index (κ2) is 12.0. The van der Waals surface area contributed by atoms with Gasteiger partial charge >= 0.3 is 10.2 Å². The maximum Gasteiger partial charge on any atom is 0.304 e. The standard InChI is InChI=1S/C25H35N3O4S/c1-3-28(23-14-16-24(17-15-23)32-4-2)33(30,31)27-19-9-13-22(20-27)25(29)26-18-8-12-21-10-6-5-7-11-21/h5-7,10-11,14-17,22H,3-4,8-9,12-13,18-20H2,1-2H3,(H,26,29). The molecule has 1 aliphatic heterocycles. The first kappa shape index (κ1) is 25.1. The summed E-state index contributed by atoms with van der Waals surface area (Å²) in [6, 6.07) is 17.2. The number of rotatable bonds is 11. The molecule has 1 saturated heterocycles. The maximum absolute atomic E-state index is 13.4. The van der Waals surface area contributed by atoms with Gasteiger partial charge in [-0.3, -0.25) is 9.10 Å². The summed E-state index contributed by atoms with van der Waals surface area (Å²) < 4.78 is 35.1. The van der Waals surface area contributed by atoms with Crippen LogP contribution in [-0.2, 0) is 21.4 Å². The van der Waals surface area contributed by atoms with Crippen LogP contribution in [0.2, 0.25) is 0 Å². The molecule has 0 spiro atoms. The van der Waals surface area contributed by atoms with Crippen molar-refractivity contribution in [1.29, 1.82) is 0 Å². The van der Waals surface area contributed by atoms with Crippen molar-refractivity contribution in [3.05, 3.63) is 60.2 Å². The monoisotopic (exact) mass is 473 g/mol. The minimum atomic E-state index is -3.73. The van der Waals surface area contributed by atoms with E-state index in [1.807, 2.05) is 32.0 Å². The summed E-state index contributed by atoms with van der Waals surface area (Å²) in [4.78, 5) is 12.7. The molecule has 1 atom stereocenters. The normalized spacial score (nSPS) is 16.8. The van der Waals surface area contributed by atoms with Crippen molar-refractivity contribution >= 4 is 21.8 Å². The molecule has 1 unspecified atom stereocenters. The van der Waals surface area contributed by atoms with E-state index in [1.54, 1.807) is 24.3 Å². The molecule has 0 aliphatic carbocycles. The van der Waals surface area contributed by atoms with Crippen molar-refractivity contribution in [2.24, 2.45) is 5.92 Å². The Morgan fingerprint density at radius 1 is 1.12 bits per heavy atom. The van der Waals surface area contributed by atoms with E-state index in [0.29, 0.717) is 50.5 Å². The lowest BCUT2D eigenvalue weighted by Crippen LogP contribution is -2.50. The Kier molecular flexibility index (Phi) is 9.14. The van der Waals surface area contributed by atoms with Gasteiger partial charge in [-0.2, -0.15) is 12.7 Å². The topological polar surface area (TPSA) is 79.0 Å². The largest absolute Gasteiger partial charge is 0.494 e. The Hall–Kier alpha value is -2.58. The predicted molar refractivity (Wildman–Crippen MR) is 132 cm³/mol. The quantitative estimate of drug-likeness (QED) is 0.506. The molecule has 7 nitrogen and oxygen atoms in total. The molecule has 1 heterocycles. The van der Waals surface area contributed by atoms with Crippen LogP contribution in [0.25, 0.3) is 0 Å². The Labute approximate surface area is 197 Å². The lowest BCUT2D eigenvalue weighted by atomic mass is 9.99. The van der Waals surface area contributed by atoms with E-state index in [9.17, 15) is 13.2 Å². The molecule has 33 heavy (non-hydrogen) atoms. The first-order valence-corrected chi connectivity index (χ1v) is 13.2. The van der Waals surface area contributed by atoms with Crippen LogP contribution in [0.1, 0.15) is 38.7 Å². The number of carbonyl (C=O) groups is 1. The van der Waals surface area contributed by atoms with Crippen molar-refractivity contribution in [3.8, 4) is 5.75 Å². The Morgan fingerprint density at radius 2 is 1.85 bits per heavy atom. The van der Waals surface area contributed by atoms with Crippen molar-refractivity contribution in [2.45, 2.75) is 39.5 Å². The number of benzene rings is 2. The SMILES string of the molecule is CCOc1ccc(N(CC)S(=O)(=O)N2CCCC(C(=O)NCCCc3ccccc3)C2)cc1. The Morgan fingerprint density at radius 3 is 2.52 bits per heavy atom. The summed E-state index contributed by atoms with van der Waals surface area (Å²) in [6.07, 6.45) is 3.12. The molecule has 2 aromatic rings. The molecule has 0 saturated carbocycles. The summed E-state index contributed by atoms with van der Waals surface area (Å²) in [6.45, 7) is 5.80. The summed E-state index contributed by atoms with van der Waals surface area (Å²) in [5.74, 6) is 0.313. The van der Waals surface area contributed by atoms with Crippen LogP contribution in [0.5, 0.6) is 5.75 Å². The molecule has 8 heteroatoms. The van der Waals surface area contributed by atoms with Gasteiger partial charge in [-0.1, -0.05) is 30.3 Å². The first-order chi connectivity index (χ1) is 16.0. The van der Waals surface area contributed by atoms with Gasteiger partial charge in [0.2, 0.25) is 5.91 Å². The number of hydrogen-bond acceptors (Lipinski definition) is 4. The fraction of sp³-hybridized carbons (Fsp3) is 0.480. The van der Waals surface area contributed by atoms with E-state index in [2.05, 4.69) is 17.4 Å². The van der Waals surface area contributed by atoms with Crippen LogP contribution in [-0.4, -0.2) is 51.4 Å². The number of hydrogen-bond donors (Lipinski definition) is 1. The molecule has 1 fully saturated rings. The zero-order chi connectivity index (χ0) is 23.7. The van der Waals surface area contributed by atoms with Crippen LogP contribution in [0, 0.1) is 5.92 Å². The second-order valence-electron chi connectivity index (χ2n) is 8.18.